The molecule has 0 spiro atoms. The van der Waals surface area contributed by atoms with Crippen LogP contribution in [0.5, 0.6) is 0 Å². The first-order valence-electron chi connectivity index (χ1n) is 7.11. The van der Waals surface area contributed by atoms with Crippen molar-refractivity contribution >= 4 is 11.6 Å². The summed E-state index contributed by atoms with van der Waals surface area (Å²) in [4.78, 5) is 11.9. The second-order valence-electron chi connectivity index (χ2n) is 4.94. The summed E-state index contributed by atoms with van der Waals surface area (Å²) >= 11 is 6.13. The smallest absolute Gasteiger partial charge is 0.151 e. The lowest BCUT2D eigenvalue weighted by Crippen LogP contribution is -2.18. The predicted octanol–water partition coefficient (Wildman–Crippen LogP) is 2.47. The molecule has 2 heterocycles. The number of rotatable bonds is 8. The van der Waals surface area contributed by atoms with Crippen LogP contribution in [0.1, 0.15) is 37.1 Å². The van der Waals surface area contributed by atoms with E-state index in [0.29, 0.717) is 11.7 Å². The van der Waals surface area contributed by atoms with Crippen molar-refractivity contribution in [1.29, 1.82) is 0 Å². The standard InChI is InChI=1S/C14H22ClN5/c1-3-4-5-12-18-11(14(15)19-12)10-16-7-6-13-17-8-9-20(13)2/h8-9,16H,3-7,10H2,1-2H3,(H,18,19). The quantitative estimate of drug-likeness (QED) is 0.736. The van der Waals surface area contributed by atoms with Crippen LogP contribution in [-0.2, 0) is 26.4 Å². The molecule has 0 aliphatic carbocycles. The molecular formula is C14H22ClN5. The summed E-state index contributed by atoms with van der Waals surface area (Å²) < 4.78 is 2.04. The number of aromatic nitrogens is 4. The summed E-state index contributed by atoms with van der Waals surface area (Å²) in [5.74, 6) is 2.06. The van der Waals surface area contributed by atoms with Gasteiger partial charge in [0.2, 0.25) is 0 Å². The molecule has 0 saturated carbocycles. The highest BCUT2D eigenvalue weighted by atomic mass is 35.5. The largest absolute Gasteiger partial charge is 0.344 e. The van der Waals surface area contributed by atoms with Gasteiger partial charge in [0.05, 0.1) is 5.69 Å². The van der Waals surface area contributed by atoms with Crippen molar-refractivity contribution < 1.29 is 0 Å². The molecule has 2 aromatic rings. The lowest BCUT2D eigenvalue weighted by molar-refractivity contribution is 0.646. The first-order valence-corrected chi connectivity index (χ1v) is 7.48. The van der Waals surface area contributed by atoms with Gasteiger partial charge in [0, 0.05) is 45.4 Å². The highest BCUT2D eigenvalue weighted by molar-refractivity contribution is 6.30. The minimum Gasteiger partial charge on any atom is -0.344 e. The third-order valence-corrected chi connectivity index (χ3v) is 3.61. The van der Waals surface area contributed by atoms with Gasteiger partial charge < -0.3 is 14.9 Å². The maximum absolute atomic E-state index is 6.13. The summed E-state index contributed by atoms with van der Waals surface area (Å²) in [7, 11) is 2.01. The van der Waals surface area contributed by atoms with Crippen molar-refractivity contribution in [2.45, 2.75) is 39.2 Å². The number of halogens is 1. The molecule has 0 amide bonds. The summed E-state index contributed by atoms with van der Waals surface area (Å²) in [6.45, 7) is 3.75. The fourth-order valence-electron chi connectivity index (χ4n) is 2.07. The number of nitrogens with one attached hydrogen (secondary N) is 2. The van der Waals surface area contributed by atoms with Gasteiger partial charge in [0.15, 0.2) is 5.15 Å². The summed E-state index contributed by atoms with van der Waals surface area (Å²) in [5.41, 5.74) is 0.970. The minimum atomic E-state index is 0.584. The van der Waals surface area contributed by atoms with Crippen molar-refractivity contribution in [2.24, 2.45) is 7.05 Å². The van der Waals surface area contributed by atoms with Gasteiger partial charge in [-0.3, -0.25) is 0 Å². The van der Waals surface area contributed by atoms with E-state index >= 15 is 0 Å². The predicted molar refractivity (Wildman–Crippen MR) is 80.8 cm³/mol. The Morgan fingerprint density at radius 3 is 2.95 bits per heavy atom. The van der Waals surface area contributed by atoms with Crippen LogP contribution in [0.15, 0.2) is 12.4 Å². The molecule has 110 valence electrons. The molecule has 0 bridgehead atoms. The van der Waals surface area contributed by atoms with Gasteiger partial charge in [-0.05, 0) is 6.42 Å². The van der Waals surface area contributed by atoms with Gasteiger partial charge in [0.25, 0.3) is 0 Å². The molecule has 0 aliphatic rings. The van der Waals surface area contributed by atoms with Crippen molar-refractivity contribution in [3.63, 3.8) is 0 Å². The van der Waals surface area contributed by atoms with Crippen molar-refractivity contribution in [3.8, 4) is 0 Å². The van der Waals surface area contributed by atoms with Crippen LogP contribution in [-0.4, -0.2) is 26.1 Å². The summed E-state index contributed by atoms with van der Waals surface area (Å²) in [6, 6.07) is 0. The molecule has 0 aromatic carbocycles. The number of unbranched alkanes of at least 4 members (excludes halogenated alkanes) is 1. The molecule has 6 heteroatoms. The number of aryl methyl sites for hydroxylation is 2. The average Bonchev–Trinajstić information content (AvgIpc) is 2.99. The van der Waals surface area contributed by atoms with Crippen LogP contribution in [0.2, 0.25) is 5.15 Å². The van der Waals surface area contributed by atoms with Crippen molar-refractivity contribution in [1.82, 2.24) is 24.8 Å². The zero-order chi connectivity index (χ0) is 14.4. The van der Waals surface area contributed by atoms with Gasteiger partial charge in [0.1, 0.15) is 11.6 Å². The Bertz CT molecular complexity index is 531. The number of aromatic amines is 1. The second-order valence-corrected chi connectivity index (χ2v) is 5.30. The molecular weight excluding hydrogens is 274 g/mol. The zero-order valence-electron chi connectivity index (χ0n) is 12.1. The Morgan fingerprint density at radius 1 is 1.40 bits per heavy atom. The zero-order valence-corrected chi connectivity index (χ0v) is 12.9. The SMILES string of the molecule is CCCCc1nc(Cl)c(CNCCc2nccn2C)[nH]1. The van der Waals surface area contributed by atoms with E-state index in [4.69, 9.17) is 11.6 Å². The van der Waals surface area contributed by atoms with Crippen LogP contribution < -0.4 is 5.32 Å². The van der Waals surface area contributed by atoms with Crippen molar-refractivity contribution in [2.75, 3.05) is 6.54 Å². The molecule has 2 N–H and O–H groups in total. The lowest BCUT2D eigenvalue weighted by atomic mass is 10.2. The topological polar surface area (TPSA) is 58.5 Å². The molecule has 0 saturated heterocycles. The van der Waals surface area contributed by atoms with Crippen molar-refractivity contribution in [3.05, 3.63) is 34.9 Å². The normalized spacial score (nSPS) is 11.2. The van der Waals surface area contributed by atoms with E-state index in [0.717, 1.165) is 49.6 Å². The van der Waals surface area contributed by atoms with E-state index in [1.165, 1.54) is 0 Å². The van der Waals surface area contributed by atoms with Crippen LogP contribution in [0.4, 0.5) is 0 Å². The second kappa shape index (κ2) is 7.45. The van der Waals surface area contributed by atoms with E-state index in [2.05, 4.69) is 27.2 Å². The first-order chi connectivity index (χ1) is 9.70. The van der Waals surface area contributed by atoms with Crippen LogP contribution in [0.3, 0.4) is 0 Å². The van der Waals surface area contributed by atoms with Gasteiger partial charge in [-0.2, -0.15) is 0 Å². The number of nitrogens with zero attached hydrogens (tertiary/aromatic N) is 3. The molecule has 0 aliphatic heterocycles. The van der Waals surface area contributed by atoms with Crippen LogP contribution in [0.25, 0.3) is 0 Å². The Morgan fingerprint density at radius 2 is 2.25 bits per heavy atom. The molecule has 2 rings (SSSR count). The Balaban J connectivity index is 1.76. The molecule has 20 heavy (non-hydrogen) atoms. The van der Waals surface area contributed by atoms with E-state index in [-0.39, 0.29) is 0 Å². The number of hydrogen-bond acceptors (Lipinski definition) is 3. The van der Waals surface area contributed by atoms with E-state index in [1.54, 1.807) is 0 Å². The number of hydrogen-bond donors (Lipinski definition) is 2. The van der Waals surface area contributed by atoms with Gasteiger partial charge in [-0.25, -0.2) is 9.97 Å². The van der Waals surface area contributed by atoms with Gasteiger partial charge >= 0.3 is 0 Å². The Kier molecular flexibility index (Phi) is 5.61. The minimum absolute atomic E-state index is 0.584. The highest BCUT2D eigenvalue weighted by Crippen LogP contribution is 2.13. The summed E-state index contributed by atoms with van der Waals surface area (Å²) in [5, 5.41) is 3.95. The molecule has 0 atom stereocenters. The molecule has 5 nitrogen and oxygen atoms in total. The van der Waals surface area contributed by atoms with E-state index < -0.39 is 0 Å². The molecule has 0 radical (unpaired) electrons. The molecule has 0 fully saturated rings. The maximum atomic E-state index is 6.13. The highest BCUT2D eigenvalue weighted by Gasteiger charge is 2.07. The monoisotopic (exact) mass is 295 g/mol. The van der Waals surface area contributed by atoms with Crippen LogP contribution in [0, 0.1) is 0 Å². The fourth-order valence-corrected chi connectivity index (χ4v) is 2.29. The Labute approximate surface area is 124 Å². The fraction of sp³-hybridized carbons (Fsp3) is 0.571. The lowest BCUT2D eigenvalue weighted by Gasteiger charge is -2.04. The maximum Gasteiger partial charge on any atom is 0.151 e. The van der Waals surface area contributed by atoms with E-state index in [9.17, 15) is 0 Å². The summed E-state index contributed by atoms with van der Waals surface area (Å²) in [6.07, 6.45) is 7.94. The van der Waals surface area contributed by atoms with E-state index in [1.807, 2.05) is 24.0 Å². The Hall–Kier alpha value is -1.33. The average molecular weight is 296 g/mol. The number of H-pyrrole nitrogens is 1. The third kappa shape index (κ3) is 4.08. The number of imidazole rings is 2. The van der Waals surface area contributed by atoms with Crippen LogP contribution >= 0.6 is 11.6 Å². The van der Waals surface area contributed by atoms with Gasteiger partial charge in [-0.15, -0.1) is 0 Å². The third-order valence-electron chi connectivity index (χ3n) is 3.29. The van der Waals surface area contributed by atoms with Gasteiger partial charge in [-0.1, -0.05) is 24.9 Å². The molecule has 0 unspecified atom stereocenters. The first kappa shape index (κ1) is 15.1. The molecule has 2 aromatic heterocycles.